The molecule has 0 saturated heterocycles. The summed E-state index contributed by atoms with van der Waals surface area (Å²) in [5.74, 6) is 0.601. The lowest BCUT2D eigenvalue weighted by Crippen LogP contribution is -2.45. The van der Waals surface area contributed by atoms with Crippen molar-refractivity contribution < 1.29 is 27.2 Å². The van der Waals surface area contributed by atoms with Crippen molar-refractivity contribution >= 4 is 20.9 Å². The molecule has 2 atom stereocenters. The van der Waals surface area contributed by atoms with Gasteiger partial charge in [-0.25, -0.2) is 0 Å². The molecule has 0 heterocycles. The highest BCUT2D eigenvalue weighted by atomic mass is 32.2. The molecule has 0 amide bonds. The van der Waals surface area contributed by atoms with E-state index < -0.39 is 15.7 Å². The molecule has 2 aromatic rings. The van der Waals surface area contributed by atoms with Gasteiger partial charge in [-0.15, -0.1) is 0 Å². The first-order valence-corrected chi connectivity index (χ1v) is 13.3. The van der Waals surface area contributed by atoms with Gasteiger partial charge in [0.1, 0.15) is 12.4 Å². The Kier molecular flexibility index (Phi) is 9.73. The van der Waals surface area contributed by atoms with Crippen LogP contribution < -0.4 is 4.74 Å². The van der Waals surface area contributed by atoms with Gasteiger partial charge in [0.05, 0.1) is 23.6 Å². The number of hydrogen-bond donors (Lipinski definition) is 1. The maximum atomic E-state index is 10.8. The Morgan fingerprint density at radius 2 is 1.64 bits per heavy atom. The molecule has 0 radical (unpaired) electrons. The van der Waals surface area contributed by atoms with E-state index in [4.69, 9.17) is 18.8 Å². The fraction of sp³-hybridized carbons (Fsp3) is 0.615. The predicted octanol–water partition coefficient (Wildman–Crippen LogP) is 5.89. The minimum absolute atomic E-state index is 0.0687. The second kappa shape index (κ2) is 11.6. The summed E-state index contributed by atoms with van der Waals surface area (Å²) >= 11 is 0. The van der Waals surface area contributed by atoms with E-state index in [-0.39, 0.29) is 23.4 Å². The topological polar surface area (TPSA) is 82.1 Å². The number of fused-ring (bicyclic) bond motifs is 1. The first-order valence-electron chi connectivity index (χ1n) is 11.7. The summed E-state index contributed by atoms with van der Waals surface area (Å²) in [6.07, 6.45) is 1.60. The highest BCUT2D eigenvalue weighted by Gasteiger charge is 2.39. The van der Waals surface area contributed by atoms with Crippen LogP contribution in [0.4, 0.5) is 0 Å². The maximum absolute atomic E-state index is 10.8. The van der Waals surface area contributed by atoms with Gasteiger partial charge >= 0.3 is 0 Å². The Labute approximate surface area is 199 Å². The van der Waals surface area contributed by atoms with E-state index in [9.17, 15) is 8.42 Å². The van der Waals surface area contributed by atoms with Gasteiger partial charge in [0.2, 0.25) is 0 Å². The summed E-state index contributed by atoms with van der Waals surface area (Å²) in [5.41, 5.74) is -0.560. The van der Waals surface area contributed by atoms with E-state index >= 15 is 0 Å². The van der Waals surface area contributed by atoms with Gasteiger partial charge in [-0.3, -0.25) is 4.55 Å². The normalized spacial score (nSPS) is 14.9. The van der Waals surface area contributed by atoms with Crippen molar-refractivity contribution in [1.82, 2.24) is 0 Å². The summed E-state index contributed by atoms with van der Waals surface area (Å²) in [7, 11) is -3.91. The maximum Gasteiger partial charge on any atom is 0.264 e. The standard InChI is InChI=1S/C26H40O6S/c1-20(10-9-17-33(27,28)29)30-16-15-25(3,4)26(5,6)32-21(2)19-31-24-14-13-22-11-7-8-12-23(22)18-24/h7-8,11-14,18,20-21H,9-10,15-17,19H2,1-6H3,(H,27,28,29). The lowest BCUT2D eigenvalue weighted by Gasteiger charge is -2.43. The van der Waals surface area contributed by atoms with Gasteiger partial charge in [0.25, 0.3) is 10.1 Å². The lowest BCUT2D eigenvalue weighted by molar-refractivity contribution is -0.146. The zero-order valence-corrected chi connectivity index (χ0v) is 21.7. The second-order valence-electron chi connectivity index (χ2n) is 10.0. The van der Waals surface area contributed by atoms with Gasteiger partial charge < -0.3 is 14.2 Å². The first kappa shape index (κ1) is 27.6. The molecule has 0 aromatic heterocycles. The smallest absolute Gasteiger partial charge is 0.264 e. The zero-order chi connectivity index (χ0) is 24.7. The van der Waals surface area contributed by atoms with Crippen molar-refractivity contribution in [2.24, 2.45) is 5.41 Å². The molecule has 2 unspecified atom stereocenters. The van der Waals surface area contributed by atoms with Gasteiger partial charge in [0, 0.05) is 6.61 Å². The van der Waals surface area contributed by atoms with E-state index in [2.05, 4.69) is 45.9 Å². The highest BCUT2D eigenvalue weighted by Crippen LogP contribution is 2.38. The van der Waals surface area contributed by atoms with Crippen LogP contribution in [0.2, 0.25) is 0 Å². The van der Waals surface area contributed by atoms with Gasteiger partial charge in [-0.2, -0.15) is 8.42 Å². The quantitative estimate of drug-likeness (QED) is 0.339. The molecular weight excluding hydrogens is 440 g/mol. The van der Waals surface area contributed by atoms with Crippen molar-refractivity contribution in [2.45, 2.75) is 78.6 Å². The van der Waals surface area contributed by atoms with E-state index in [1.807, 2.05) is 38.1 Å². The average molecular weight is 481 g/mol. The fourth-order valence-electron chi connectivity index (χ4n) is 3.62. The van der Waals surface area contributed by atoms with E-state index in [1.54, 1.807) is 0 Å². The minimum Gasteiger partial charge on any atom is -0.491 e. The molecule has 1 N–H and O–H groups in total. The third kappa shape index (κ3) is 9.24. The minimum atomic E-state index is -3.91. The highest BCUT2D eigenvalue weighted by molar-refractivity contribution is 7.85. The molecule has 0 bridgehead atoms. The zero-order valence-electron chi connectivity index (χ0n) is 20.8. The molecular formula is C26H40O6S. The average Bonchev–Trinajstić information content (AvgIpc) is 2.70. The lowest BCUT2D eigenvalue weighted by atomic mass is 9.74. The van der Waals surface area contributed by atoms with Crippen LogP contribution in [-0.4, -0.2) is 49.7 Å². The largest absolute Gasteiger partial charge is 0.491 e. The summed E-state index contributed by atoms with van der Waals surface area (Å²) in [5, 5.41) is 2.34. The van der Waals surface area contributed by atoms with Gasteiger partial charge in [-0.1, -0.05) is 44.2 Å². The Morgan fingerprint density at radius 1 is 0.970 bits per heavy atom. The molecule has 7 heteroatoms. The second-order valence-corrected chi connectivity index (χ2v) is 11.6. The number of hydrogen-bond acceptors (Lipinski definition) is 5. The monoisotopic (exact) mass is 480 g/mol. The van der Waals surface area contributed by atoms with Crippen molar-refractivity contribution in [1.29, 1.82) is 0 Å². The summed E-state index contributed by atoms with van der Waals surface area (Å²) < 4.78 is 48.8. The van der Waals surface area contributed by atoms with Crippen LogP contribution in [0.5, 0.6) is 5.75 Å². The molecule has 2 rings (SSSR count). The van der Waals surface area contributed by atoms with Crippen molar-refractivity contribution in [3.63, 3.8) is 0 Å². The molecule has 0 aliphatic heterocycles. The van der Waals surface area contributed by atoms with Crippen molar-refractivity contribution in [2.75, 3.05) is 19.0 Å². The van der Waals surface area contributed by atoms with E-state index in [0.717, 1.165) is 17.6 Å². The van der Waals surface area contributed by atoms with Crippen molar-refractivity contribution in [3.05, 3.63) is 42.5 Å². The van der Waals surface area contributed by atoms with Crippen LogP contribution >= 0.6 is 0 Å². The van der Waals surface area contributed by atoms with E-state index in [0.29, 0.717) is 26.1 Å². The van der Waals surface area contributed by atoms with Gasteiger partial charge in [-0.05, 0) is 75.3 Å². The molecule has 0 fully saturated rings. The van der Waals surface area contributed by atoms with Crippen LogP contribution in [0, 0.1) is 5.41 Å². The number of benzene rings is 2. The van der Waals surface area contributed by atoms with Crippen LogP contribution in [0.1, 0.15) is 60.8 Å². The number of rotatable bonds is 14. The Balaban J connectivity index is 1.78. The SMILES string of the molecule is CC(CCCS(=O)(=O)O)OCCC(C)(C)C(C)(C)OC(C)COc1ccc2ccccc2c1. The van der Waals surface area contributed by atoms with Crippen LogP contribution in [-0.2, 0) is 19.6 Å². The third-order valence-electron chi connectivity index (χ3n) is 6.47. The molecule has 2 aromatic carbocycles. The molecule has 0 aliphatic carbocycles. The summed E-state index contributed by atoms with van der Waals surface area (Å²) in [6, 6.07) is 14.3. The first-order chi connectivity index (χ1) is 15.3. The molecule has 186 valence electrons. The van der Waals surface area contributed by atoms with Crippen LogP contribution in [0.25, 0.3) is 10.8 Å². The predicted molar refractivity (Wildman–Crippen MR) is 134 cm³/mol. The Bertz CT molecular complexity index is 983. The van der Waals surface area contributed by atoms with Crippen LogP contribution in [0.15, 0.2) is 42.5 Å². The molecule has 0 aliphatic rings. The Morgan fingerprint density at radius 3 is 2.30 bits per heavy atom. The van der Waals surface area contributed by atoms with Crippen LogP contribution in [0.3, 0.4) is 0 Å². The third-order valence-corrected chi connectivity index (χ3v) is 7.28. The molecule has 33 heavy (non-hydrogen) atoms. The van der Waals surface area contributed by atoms with Gasteiger partial charge in [0.15, 0.2) is 0 Å². The van der Waals surface area contributed by atoms with Crippen molar-refractivity contribution in [3.8, 4) is 5.75 Å². The fourth-order valence-corrected chi connectivity index (χ4v) is 4.15. The number of ether oxygens (including phenoxy) is 3. The summed E-state index contributed by atoms with van der Waals surface area (Å²) in [4.78, 5) is 0. The summed E-state index contributed by atoms with van der Waals surface area (Å²) in [6.45, 7) is 13.5. The van der Waals surface area contributed by atoms with E-state index in [1.165, 1.54) is 5.39 Å². The Hall–Kier alpha value is -1.67. The molecule has 6 nitrogen and oxygen atoms in total. The molecule has 0 saturated carbocycles. The molecule has 0 spiro atoms.